The van der Waals surface area contributed by atoms with Gasteiger partial charge in [0.15, 0.2) is 0 Å². The van der Waals surface area contributed by atoms with Gasteiger partial charge in [-0.2, -0.15) is 0 Å². The lowest BCUT2D eigenvalue weighted by Gasteiger charge is -2.28. The molecule has 0 unspecified atom stereocenters. The van der Waals surface area contributed by atoms with E-state index >= 15 is 0 Å². The molecule has 134 valence electrons. The lowest BCUT2D eigenvalue weighted by Crippen LogP contribution is -2.43. The number of benzene rings is 2. The minimum atomic E-state index is -0.837. The molecule has 2 aromatic carbocycles. The van der Waals surface area contributed by atoms with Crippen molar-refractivity contribution in [2.24, 2.45) is 5.92 Å². The van der Waals surface area contributed by atoms with Gasteiger partial charge in [0.2, 0.25) is 0 Å². The van der Waals surface area contributed by atoms with E-state index in [0.29, 0.717) is 18.9 Å². The predicted octanol–water partition coefficient (Wildman–Crippen LogP) is 4.66. The molecule has 0 aliphatic heterocycles. The first-order chi connectivity index (χ1) is 11.9. The summed E-state index contributed by atoms with van der Waals surface area (Å²) in [5.74, 6) is 0.990. The zero-order valence-corrected chi connectivity index (χ0v) is 15.4. The van der Waals surface area contributed by atoms with E-state index < -0.39 is 5.60 Å². The van der Waals surface area contributed by atoms with Crippen LogP contribution in [0.3, 0.4) is 0 Å². The van der Waals surface area contributed by atoms with E-state index in [-0.39, 0.29) is 5.91 Å². The molecule has 0 fully saturated rings. The van der Waals surface area contributed by atoms with Crippen LogP contribution in [0.5, 0.6) is 5.75 Å². The summed E-state index contributed by atoms with van der Waals surface area (Å²) < 4.78 is 11.2. The number of anilines is 1. The summed E-state index contributed by atoms with van der Waals surface area (Å²) in [5.41, 5.74) is 1.00. The van der Waals surface area contributed by atoms with Gasteiger partial charge in [0.1, 0.15) is 18.0 Å². The molecule has 1 N–H and O–H groups in total. The Bertz CT molecular complexity index is 667. The highest BCUT2D eigenvalue weighted by molar-refractivity contribution is 5.97. The van der Waals surface area contributed by atoms with E-state index in [2.05, 4.69) is 19.2 Å². The van der Waals surface area contributed by atoms with Crippen LogP contribution in [0.2, 0.25) is 0 Å². The van der Waals surface area contributed by atoms with Gasteiger partial charge >= 0.3 is 0 Å². The second-order valence-corrected chi connectivity index (χ2v) is 6.79. The fourth-order valence-electron chi connectivity index (χ4n) is 2.69. The standard InChI is InChI=1S/C21H27NO3/c1-16(2)14-21(3,24-4)20(23)22-18-10-12-19(13-11-18)25-15-17-8-6-5-7-9-17/h5-13,16H,14-15H2,1-4H3,(H,22,23)/t21-/m1/s1. The van der Waals surface area contributed by atoms with Crippen molar-refractivity contribution < 1.29 is 14.3 Å². The third-order valence-corrected chi connectivity index (χ3v) is 4.09. The van der Waals surface area contributed by atoms with Gasteiger partial charge < -0.3 is 14.8 Å². The lowest BCUT2D eigenvalue weighted by atomic mass is 9.93. The molecule has 0 bridgehead atoms. The number of hydrogen-bond donors (Lipinski definition) is 1. The summed E-state index contributed by atoms with van der Waals surface area (Å²) in [4.78, 5) is 12.5. The summed E-state index contributed by atoms with van der Waals surface area (Å²) >= 11 is 0. The third-order valence-electron chi connectivity index (χ3n) is 4.09. The van der Waals surface area contributed by atoms with Crippen LogP contribution >= 0.6 is 0 Å². The summed E-state index contributed by atoms with van der Waals surface area (Å²) in [5, 5.41) is 2.92. The van der Waals surface area contributed by atoms with Crippen molar-refractivity contribution in [3.8, 4) is 5.75 Å². The first-order valence-electron chi connectivity index (χ1n) is 8.56. The number of rotatable bonds is 8. The Morgan fingerprint density at radius 2 is 1.72 bits per heavy atom. The summed E-state index contributed by atoms with van der Waals surface area (Å²) in [6, 6.07) is 17.4. The Morgan fingerprint density at radius 3 is 2.28 bits per heavy atom. The van der Waals surface area contributed by atoms with Gasteiger partial charge in [0.25, 0.3) is 5.91 Å². The molecular formula is C21H27NO3. The van der Waals surface area contributed by atoms with Crippen molar-refractivity contribution in [3.63, 3.8) is 0 Å². The number of methoxy groups -OCH3 is 1. The van der Waals surface area contributed by atoms with Crippen LogP contribution in [0.25, 0.3) is 0 Å². The first-order valence-corrected chi connectivity index (χ1v) is 8.56. The maximum absolute atomic E-state index is 12.5. The number of ether oxygens (including phenoxy) is 2. The average Bonchev–Trinajstić information content (AvgIpc) is 2.61. The van der Waals surface area contributed by atoms with Crippen molar-refractivity contribution in [2.45, 2.75) is 39.4 Å². The van der Waals surface area contributed by atoms with Crippen molar-refractivity contribution >= 4 is 11.6 Å². The van der Waals surface area contributed by atoms with Crippen molar-refractivity contribution in [3.05, 3.63) is 60.2 Å². The van der Waals surface area contributed by atoms with E-state index in [9.17, 15) is 4.79 Å². The van der Waals surface area contributed by atoms with Crippen LogP contribution in [0.15, 0.2) is 54.6 Å². The zero-order valence-electron chi connectivity index (χ0n) is 15.4. The highest BCUT2D eigenvalue weighted by Gasteiger charge is 2.33. The predicted molar refractivity (Wildman–Crippen MR) is 101 cm³/mol. The highest BCUT2D eigenvalue weighted by Crippen LogP contribution is 2.23. The van der Waals surface area contributed by atoms with Crippen molar-refractivity contribution in [1.29, 1.82) is 0 Å². The van der Waals surface area contributed by atoms with Gasteiger partial charge in [-0.05, 0) is 49.1 Å². The van der Waals surface area contributed by atoms with E-state index in [1.54, 1.807) is 7.11 Å². The SMILES string of the molecule is CO[C@](C)(CC(C)C)C(=O)Nc1ccc(OCc2ccccc2)cc1. The van der Waals surface area contributed by atoms with Gasteiger partial charge in [0.05, 0.1) is 0 Å². The Balaban J connectivity index is 1.94. The molecule has 1 atom stereocenters. The molecule has 1 amide bonds. The monoisotopic (exact) mass is 341 g/mol. The molecule has 0 saturated heterocycles. The third kappa shape index (κ3) is 5.61. The van der Waals surface area contributed by atoms with Crippen molar-refractivity contribution in [1.82, 2.24) is 0 Å². The zero-order chi connectivity index (χ0) is 18.3. The molecule has 25 heavy (non-hydrogen) atoms. The summed E-state index contributed by atoms with van der Waals surface area (Å²) in [6.07, 6.45) is 0.660. The number of nitrogens with one attached hydrogen (secondary N) is 1. The normalized spacial score (nSPS) is 13.3. The molecule has 2 aromatic rings. The molecule has 4 nitrogen and oxygen atoms in total. The highest BCUT2D eigenvalue weighted by atomic mass is 16.5. The number of hydrogen-bond acceptors (Lipinski definition) is 3. The molecule has 0 aromatic heterocycles. The molecule has 0 aliphatic carbocycles. The molecule has 0 spiro atoms. The molecule has 0 aliphatic rings. The van der Waals surface area contributed by atoms with Crippen LogP contribution in [-0.2, 0) is 16.1 Å². The van der Waals surface area contributed by atoms with Gasteiger partial charge in [-0.3, -0.25) is 4.79 Å². The van der Waals surface area contributed by atoms with Crippen LogP contribution in [0, 0.1) is 5.92 Å². The van der Waals surface area contributed by atoms with E-state index in [1.165, 1.54) is 0 Å². The van der Waals surface area contributed by atoms with Crippen LogP contribution in [-0.4, -0.2) is 18.6 Å². The maximum atomic E-state index is 12.5. The topological polar surface area (TPSA) is 47.6 Å². The summed E-state index contributed by atoms with van der Waals surface area (Å²) in [6.45, 7) is 6.48. The van der Waals surface area contributed by atoms with Crippen LogP contribution in [0.1, 0.15) is 32.8 Å². The molecule has 4 heteroatoms. The minimum absolute atomic E-state index is 0.137. The Labute approximate surface area is 150 Å². The van der Waals surface area contributed by atoms with Gasteiger partial charge in [-0.25, -0.2) is 0 Å². The quantitative estimate of drug-likeness (QED) is 0.760. The fraction of sp³-hybridized carbons (Fsp3) is 0.381. The van der Waals surface area contributed by atoms with Crippen LogP contribution in [0.4, 0.5) is 5.69 Å². The Kier molecular flexibility index (Phi) is 6.59. The van der Waals surface area contributed by atoms with E-state index in [0.717, 1.165) is 17.0 Å². The number of carbonyl (C=O) groups excluding carboxylic acids is 1. The molecule has 0 radical (unpaired) electrons. The van der Waals surface area contributed by atoms with Crippen LogP contribution < -0.4 is 10.1 Å². The van der Waals surface area contributed by atoms with Gasteiger partial charge in [0, 0.05) is 12.8 Å². The molecule has 0 saturated carbocycles. The first kappa shape index (κ1) is 19.0. The largest absolute Gasteiger partial charge is 0.489 e. The second-order valence-electron chi connectivity index (χ2n) is 6.79. The average molecular weight is 341 g/mol. The molecular weight excluding hydrogens is 314 g/mol. The van der Waals surface area contributed by atoms with Gasteiger partial charge in [-0.15, -0.1) is 0 Å². The van der Waals surface area contributed by atoms with Crippen molar-refractivity contribution in [2.75, 3.05) is 12.4 Å². The lowest BCUT2D eigenvalue weighted by molar-refractivity contribution is -0.137. The second kappa shape index (κ2) is 8.67. The van der Waals surface area contributed by atoms with E-state index in [4.69, 9.17) is 9.47 Å². The smallest absolute Gasteiger partial charge is 0.256 e. The Morgan fingerprint density at radius 1 is 1.08 bits per heavy atom. The van der Waals surface area contributed by atoms with Gasteiger partial charge in [-0.1, -0.05) is 44.2 Å². The van der Waals surface area contributed by atoms with E-state index in [1.807, 2.05) is 61.5 Å². The summed E-state index contributed by atoms with van der Waals surface area (Å²) in [7, 11) is 1.57. The fourth-order valence-corrected chi connectivity index (χ4v) is 2.69. The molecule has 2 rings (SSSR count). The number of carbonyl (C=O) groups is 1. The molecule has 0 heterocycles. The Hall–Kier alpha value is -2.33. The number of amides is 1. The minimum Gasteiger partial charge on any atom is -0.489 e. The maximum Gasteiger partial charge on any atom is 0.256 e.